The van der Waals surface area contributed by atoms with Gasteiger partial charge in [-0.05, 0) is 31.5 Å². The van der Waals surface area contributed by atoms with Gasteiger partial charge in [0.05, 0.1) is 14.8 Å². The first kappa shape index (κ1) is 21.2. The number of nitrogens with zero attached hydrogens (tertiary/aromatic N) is 1. The maximum Gasteiger partial charge on any atom is 0.192 e. The molecule has 0 bridgehead atoms. The summed E-state index contributed by atoms with van der Waals surface area (Å²) >= 11 is 10.1. The van der Waals surface area contributed by atoms with Gasteiger partial charge in [-0.25, -0.2) is 13.1 Å². The Labute approximate surface area is 174 Å². The Morgan fingerprint density at radius 2 is 1.96 bits per heavy atom. The number of nitrogens with one attached hydrogen (secondary N) is 1. The van der Waals surface area contributed by atoms with Crippen molar-refractivity contribution < 1.29 is 22.3 Å². The predicted octanol–water partition coefficient (Wildman–Crippen LogP) is 3.32. The zero-order chi connectivity index (χ0) is 20.9. The number of fused-ring (bicyclic) bond motifs is 1. The van der Waals surface area contributed by atoms with E-state index in [1.165, 1.54) is 32.2 Å². The van der Waals surface area contributed by atoms with Crippen LogP contribution in [0, 0.1) is 0 Å². The molecule has 0 spiro atoms. The second-order valence-corrected chi connectivity index (χ2v) is 10.5. The van der Waals surface area contributed by atoms with Gasteiger partial charge in [-0.1, -0.05) is 35.3 Å². The SMILES string of the molecule is CC1(C)c2cccnc2C(O)=C(c2c(Cl)ccc(CNS(=O)[O-])c2Cl)S1(=O)=O. The van der Waals surface area contributed by atoms with E-state index < -0.39 is 36.5 Å². The molecule has 11 heteroatoms. The lowest BCUT2D eigenvalue weighted by Crippen LogP contribution is -2.35. The molecule has 1 unspecified atom stereocenters. The van der Waals surface area contributed by atoms with Crippen LogP contribution in [0.2, 0.25) is 10.0 Å². The third-order valence-corrected chi connectivity index (χ3v) is 8.24. The summed E-state index contributed by atoms with van der Waals surface area (Å²) < 4.78 is 49.1. The Hall–Kier alpha value is -1.49. The summed E-state index contributed by atoms with van der Waals surface area (Å²) in [5.41, 5.74) is 0.670. The topological polar surface area (TPSA) is 119 Å². The molecule has 3 rings (SSSR count). The third-order valence-electron chi connectivity index (χ3n) is 4.61. The first-order valence-corrected chi connectivity index (χ1v) is 11.2. The van der Waals surface area contributed by atoms with E-state index in [4.69, 9.17) is 23.2 Å². The molecule has 1 aliphatic rings. The molecule has 1 aromatic heterocycles. The zero-order valence-corrected chi connectivity index (χ0v) is 17.8. The molecule has 1 aromatic carbocycles. The Morgan fingerprint density at radius 3 is 2.61 bits per heavy atom. The Kier molecular flexibility index (Phi) is 5.61. The van der Waals surface area contributed by atoms with Crippen molar-refractivity contribution in [2.45, 2.75) is 25.1 Å². The number of benzene rings is 1. The van der Waals surface area contributed by atoms with Crippen LogP contribution >= 0.6 is 23.2 Å². The molecule has 1 atom stereocenters. The summed E-state index contributed by atoms with van der Waals surface area (Å²) in [6.45, 7) is 2.83. The predicted molar refractivity (Wildman–Crippen MR) is 108 cm³/mol. The van der Waals surface area contributed by atoms with E-state index >= 15 is 0 Å². The lowest BCUT2D eigenvalue weighted by atomic mass is 9.97. The highest BCUT2D eigenvalue weighted by Gasteiger charge is 2.48. The minimum atomic E-state index is -4.13. The van der Waals surface area contributed by atoms with E-state index in [9.17, 15) is 22.3 Å². The molecule has 7 nitrogen and oxygen atoms in total. The number of aromatic nitrogens is 1. The lowest BCUT2D eigenvalue weighted by molar-refractivity contribution is 0.501. The number of hydrogen-bond acceptors (Lipinski definition) is 6. The van der Waals surface area contributed by atoms with Crippen molar-refractivity contribution >= 4 is 55.0 Å². The van der Waals surface area contributed by atoms with Crippen LogP contribution in [-0.2, 0) is 32.4 Å². The van der Waals surface area contributed by atoms with Crippen molar-refractivity contribution in [1.29, 1.82) is 0 Å². The fourth-order valence-corrected chi connectivity index (χ4v) is 5.85. The Bertz CT molecular complexity index is 1130. The average molecular weight is 462 g/mol. The fraction of sp³-hybridized carbons (Fsp3) is 0.235. The number of sulfone groups is 1. The fourth-order valence-electron chi connectivity index (χ4n) is 3.04. The average Bonchev–Trinajstić information content (AvgIpc) is 2.62. The van der Waals surface area contributed by atoms with Gasteiger partial charge in [-0.2, -0.15) is 0 Å². The van der Waals surface area contributed by atoms with Gasteiger partial charge in [0, 0.05) is 35.1 Å². The van der Waals surface area contributed by atoms with Crippen molar-refractivity contribution in [2.24, 2.45) is 0 Å². The van der Waals surface area contributed by atoms with Crippen molar-refractivity contribution in [3.63, 3.8) is 0 Å². The number of halogens is 2. The van der Waals surface area contributed by atoms with E-state index in [-0.39, 0.29) is 27.8 Å². The van der Waals surface area contributed by atoms with Crippen LogP contribution in [-0.4, -0.2) is 27.3 Å². The second-order valence-electron chi connectivity index (χ2n) is 6.54. The maximum absolute atomic E-state index is 13.4. The van der Waals surface area contributed by atoms with Crippen LogP contribution in [0.4, 0.5) is 0 Å². The summed E-state index contributed by atoms with van der Waals surface area (Å²) in [4.78, 5) is 3.69. The van der Waals surface area contributed by atoms with Crippen molar-refractivity contribution in [2.75, 3.05) is 0 Å². The second kappa shape index (κ2) is 7.40. The Morgan fingerprint density at radius 1 is 1.29 bits per heavy atom. The number of pyridine rings is 1. The molecule has 150 valence electrons. The molecule has 2 N–H and O–H groups in total. The van der Waals surface area contributed by atoms with Crippen LogP contribution in [0.3, 0.4) is 0 Å². The monoisotopic (exact) mass is 461 g/mol. The normalized spacial score (nSPS) is 18.6. The standard InChI is InChI=1S/C17H16Cl2N2O5S2/c1-17(2)10-4-3-7-20-14(10)15(22)16(28(17,25)26)12-11(18)6-5-9(13(12)19)8-21-27(23)24/h3-7,21-22H,8H2,1-2H3,(H,23,24)/p-1. The largest absolute Gasteiger partial charge is 0.760 e. The minimum absolute atomic E-state index is 0.00250. The molecule has 0 amide bonds. The van der Waals surface area contributed by atoms with E-state index in [0.29, 0.717) is 11.1 Å². The summed E-state index contributed by atoms with van der Waals surface area (Å²) in [5, 5.41) is 10.7. The highest BCUT2D eigenvalue weighted by molar-refractivity contribution is 8.01. The summed E-state index contributed by atoms with van der Waals surface area (Å²) in [5.74, 6) is -0.559. The molecule has 28 heavy (non-hydrogen) atoms. The molecule has 0 saturated heterocycles. The number of hydrogen-bond donors (Lipinski definition) is 2. The molecule has 0 fully saturated rings. The molecule has 2 aromatic rings. The third kappa shape index (κ3) is 3.26. The van der Waals surface area contributed by atoms with Crippen LogP contribution in [0.15, 0.2) is 30.5 Å². The summed E-state index contributed by atoms with van der Waals surface area (Å²) in [7, 11) is -4.13. The van der Waals surface area contributed by atoms with Gasteiger partial charge in [0.2, 0.25) is 0 Å². The zero-order valence-electron chi connectivity index (χ0n) is 14.7. The summed E-state index contributed by atoms with van der Waals surface area (Å²) in [6.07, 6.45) is 1.44. The Balaban J connectivity index is 2.34. The quantitative estimate of drug-likeness (QED) is 0.673. The van der Waals surface area contributed by atoms with Crippen molar-refractivity contribution in [3.8, 4) is 0 Å². The van der Waals surface area contributed by atoms with E-state index in [1.807, 2.05) is 0 Å². The summed E-state index contributed by atoms with van der Waals surface area (Å²) in [6, 6.07) is 6.03. The van der Waals surface area contributed by atoms with E-state index in [2.05, 4.69) is 9.71 Å². The van der Waals surface area contributed by atoms with E-state index in [0.717, 1.165) is 0 Å². The van der Waals surface area contributed by atoms with Crippen LogP contribution in [0.5, 0.6) is 0 Å². The van der Waals surface area contributed by atoms with Crippen molar-refractivity contribution in [3.05, 3.63) is 62.9 Å². The van der Waals surface area contributed by atoms with Gasteiger partial charge in [-0.3, -0.25) is 9.19 Å². The highest BCUT2D eigenvalue weighted by Crippen LogP contribution is 2.50. The highest BCUT2D eigenvalue weighted by atomic mass is 35.5. The van der Waals surface area contributed by atoms with Crippen LogP contribution in [0.1, 0.15) is 36.2 Å². The first-order valence-electron chi connectivity index (χ1n) is 7.94. The van der Waals surface area contributed by atoms with Gasteiger partial charge in [0.25, 0.3) is 0 Å². The van der Waals surface area contributed by atoms with Gasteiger partial charge in [0.1, 0.15) is 10.6 Å². The van der Waals surface area contributed by atoms with Gasteiger partial charge in [0.15, 0.2) is 15.6 Å². The van der Waals surface area contributed by atoms with E-state index in [1.54, 1.807) is 12.1 Å². The first-order chi connectivity index (χ1) is 13.0. The van der Waals surface area contributed by atoms with Gasteiger partial charge < -0.3 is 9.66 Å². The molecule has 0 radical (unpaired) electrons. The number of aliphatic hydroxyl groups excluding tert-OH is 1. The molecule has 1 aliphatic heterocycles. The number of rotatable bonds is 4. The van der Waals surface area contributed by atoms with Crippen molar-refractivity contribution in [1.82, 2.24) is 9.71 Å². The molecule has 2 heterocycles. The molecular formula is C17H15Cl2N2O5S2-. The van der Waals surface area contributed by atoms with Gasteiger partial charge >= 0.3 is 0 Å². The smallest absolute Gasteiger partial charge is 0.192 e. The lowest BCUT2D eigenvalue weighted by Gasteiger charge is -2.33. The molecule has 0 saturated carbocycles. The number of aliphatic hydroxyl groups is 1. The van der Waals surface area contributed by atoms with Crippen LogP contribution < -0.4 is 4.72 Å². The molecule has 0 aliphatic carbocycles. The maximum atomic E-state index is 13.4. The molecular weight excluding hydrogens is 447 g/mol. The van der Waals surface area contributed by atoms with Gasteiger partial charge in [-0.15, -0.1) is 0 Å². The van der Waals surface area contributed by atoms with Crippen LogP contribution in [0.25, 0.3) is 10.7 Å². The minimum Gasteiger partial charge on any atom is -0.760 e.